The molecular formula is C22H24N8O. The van der Waals surface area contributed by atoms with Crippen molar-refractivity contribution >= 4 is 16.7 Å². The van der Waals surface area contributed by atoms with Crippen molar-refractivity contribution in [2.75, 3.05) is 31.9 Å². The Labute approximate surface area is 179 Å². The molecule has 9 nitrogen and oxygen atoms in total. The average Bonchev–Trinajstić information content (AvgIpc) is 3.30. The summed E-state index contributed by atoms with van der Waals surface area (Å²) in [4.78, 5) is 22.6. The zero-order valence-corrected chi connectivity index (χ0v) is 17.3. The summed E-state index contributed by atoms with van der Waals surface area (Å²) in [5.41, 5.74) is 7.87. The summed E-state index contributed by atoms with van der Waals surface area (Å²) < 4.78 is 5.53. The van der Waals surface area contributed by atoms with E-state index in [2.05, 4.69) is 41.8 Å². The van der Waals surface area contributed by atoms with Gasteiger partial charge in [0, 0.05) is 49.5 Å². The highest BCUT2D eigenvalue weighted by molar-refractivity contribution is 5.87. The van der Waals surface area contributed by atoms with E-state index in [0.717, 1.165) is 48.5 Å². The molecule has 4 heterocycles. The predicted molar refractivity (Wildman–Crippen MR) is 117 cm³/mol. The molecule has 158 valence electrons. The van der Waals surface area contributed by atoms with E-state index in [1.807, 2.05) is 36.4 Å². The third-order valence-electron chi connectivity index (χ3n) is 5.72. The van der Waals surface area contributed by atoms with Crippen LogP contribution >= 0.6 is 0 Å². The molecule has 3 aromatic heterocycles. The molecule has 0 saturated carbocycles. The number of anilines is 1. The normalized spacial score (nSPS) is 16.5. The lowest BCUT2D eigenvalue weighted by Gasteiger charge is -2.36. The van der Waals surface area contributed by atoms with Crippen LogP contribution < -0.4 is 5.73 Å². The summed E-state index contributed by atoms with van der Waals surface area (Å²) in [5.74, 6) is 2.49. The molecule has 1 aliphatic heterocycles. The third-order valence-corrected chi connectivity index (χ3v) is 5.72. The minimum atomic E-state index is 0.0487. The van der Waals surface area contributed by atoms with E-state index in [1.54, 1.807) is 12.4 Å². The maximum Gasteiger partial charge on any atom is 0.244 e. The van der Waals surface area contributed by atoms with Crippen molar-refractivity contribution in [3.05, 3.63) is 60.5 Å². The molecule has 1 fully saturated rings. The highest BCUT2D eigenvalue weighted by atomic mass is 16.5. The lowest BCUT2D eigenvalue weighted by Crippen LogP contribution is -2.46. The first-order valence-electron chi connectivity index (χ1n) is 10.4. The van der Waals surface area contributed by atoms with Gasteiger partial charge in [0.05, 0.1) is 18.1 Å². The molecule has 4 aromatic rings. The number of benzene rings is 1. The maximum atomic E-state index is 6.13. The standard InChI is InChI=1S/C22H24N8O/c1-15(22-27-21(28-31-22)16-5-4-8-24-13-16)30-11-9-29(10-12-30)14-19-25-18-7-3-2-6-17(18)20(23)26-19/h2-8,13,15H,9-12,14H2,1H3,(H2,23,25,26). The monoisotopic (exact) mass is 416 g/mol. The molecule has 1 atom stereocenters. The first-order chi connectivity index (χ1) is 15.2. The fourth-order valence-electron chi connectivity index (χ4n) is 3.90. The molecule has 1 saturated heterocycles. The molecule has 0 bridgehead atoms. The molecule has 0 amide bonds. The van der Waals surface area contributed by atoms with Crippen molar-refractivity contribution in [3.8, 4) is 11.4 Å². The van der Waals surface area contributed by atoms with Gasteiger partial charge in [0.25, 0.3) is 0 Å². The Bertz CT molecular complexity index is 1170. The van der Waals surface area contributed by atoms with Gasteiger partial charge in [-0.3, -0.25) is 14.8 Å². The second kappa shape index (κ2) is 8.37. The second-order valence-corrected chi connectivity index (χ2v) is 7.73. The van der Waals surface area contributed by atoms with Gasteiger partial charge in [0.2, 0.25) is 11.7 Å². The molecule has 0 aliphatic carbocycles. The Balaban J connectivity index is 1.21. The molecule has 9 heteroatoms. The van der Waals surface area contributed by atoms with Crippen LogP contribution in [0.1, 0.15) is 24.7 Å². The quantitative estimate of drug-likeness (QED) is 0.525. The average molecular weight is 416 g/mol. The summed E-state index contributed by atoms with van der Waals surface area (Å²) in [6, 6.07) is 11.7. The Kier molecular flexibility index (Phi) is 5.27. The molecule has 2 N–H and O–H groups in total. The summed E-state index contributed by atoms with van der Waals surface area (Å²) in [5, 5.41) is 5.01. The topological polar surface area (TPSA) is 110 Å². The predicted octanol–water partition coefficient (Wildman–Crippen LogP) is 2.54. The number of nitrogen functional groups attached to an aromatic ring is 1. The number of nitrogens with zero attached hydrogens (tertiary/aromatic N) is 7. The van der Waals surface area contributed by atoms with Gasteiger partial charge in [0.15, 0.2) is 0 Å². The fraction of sp³-hybridized carbons (Fsp3) is 0.318. The van der Waals surface area contributed by atoms with Crippen LogP contribution in [0.4, 0.5) is 5.82 Å². The summed E-state index contributed by atoms with van der Waals surface area (Å²) in [6.45, 7) is 6.39. The zero-order valence-electron chi connectivity index (χ0n) is 17.3. The highest BCUT2D eigenvalue weighted by Gasteiger charge is 2.26. The van der Waals surface area contributed by atoms with E-state index >= 15 is 0 Å². The van der Waals surface area contributed by atoms with Crippen LogP contribution in [-0.4, -0.2) is 61.1 Å². The number of para-hydroxylation sites is 1. The number of nitrogens with two attached hydrogens (primary N) is 1. The Hall–Kier alpha value is -3.43. The van der Waals surface area contributed by atoms with E-state index in [1.165, 1.54) is 0 Å². The zero-order chi connectivity index (χ0) is 21.2. The van der Waals surface area contributed by atoms with Crippen LogP contribution in [-0.2, 0) is 6.54 Å². The molecule has 0 spiro atoms. The van der Waals surface area contributed by atoms with E-state index < -0.39 is 0 Å². The molecular weight excluding hydrogens is 392 g/mol. The Morgan fingerprint density at radius 1 is 1.03 bits per heavy atom. The third kappa shape index (κ3) is 4.10. The molecule has 1 unspecified atom stereocenters. The van der Waals surface area contributed by atoms with Gasteiger partial charge in [-0.15, -0.1) is 0 Å². The lowest BCUT2D eigenvalue weighted by molar-refractivity contribution is 0.0832. The van der Waals surface area contributed by atoms with Crippen molar-refractivity contribution in [2.45, 2.75) is 19.5 Å². The van der Waals surface area contributed by atoms with Crippen LogP contribution in [0.5, 0.6) is 0 Å². The Morgan fingerprint density at radius 2 is 1.87 bits per heavy atom. The summed E-state index contributed by atoms with van der Waals surface area (Å²) in [7, 11) is 0. The van der Waals surface area contributed by atoms with Crippen molar-refractivity contribution in [3.63, 3.8) is 0 Å². The SMILES string of the molecule is CC(c1nc(-c2cccnc2)no1)N1CCN(Cc2nc(N)c3ccccc3n2)CC1. The van der Waals surface area contributed by atoms with Gasteiger partial charge < -0.3 is 10.3 Å². The van der Waals surface area contributed by atoms with Gasteiger partial charge in [-0.2, -0.15) is 4.98 Å². The first-order valence-corrected chi connectivity index (χ1v) is 10.4. The van der Waals surface area contributed by atoms with Crippen molar-refractivity contribution in [1.82, 2.24) is 34.9 Å². The van der Waals surface area contributed by atoms with Crippen LogP contribution in [0.25, 0.3) is 22.3 Å². The van der Waals surface area contributed by atoms with Crippen LogP contribution in [0.2, 0.25) is 0 Å². The number of aromatic nitrogens is 5. The van der Waals surface area contributed by atoms with Crippen molar-refractivity contribution in [1.29, 1.82) is 0 Å². The van der Waals surface area contributed by atoms with E-state index in [4.69, 9.17) is 10.3 Å². The van der Waals surface area contributed by atoms with Crippen LogP contribution in [0.15, 0.2) is 53.3 Å². The van der Waals surface area contributed by atoms with Crippen molar-refractivity contribution < 1.29 is 4.52 Å². The fourth-order valence-corrected chi connectivity index (χ4v) is 3.90. The number of fused-ring (bicyclic) bond motifs is 1. The minimum Gasteiger partial charge on any atom is -0.383 e. The number of rotatable bonds is 5. The number of pyridine rings is 1. The number of piperazine rings is 1. The van der Waals surface area contributed by atoms with Gasteiger partial charge in [-0.1, -0.05) is 17.3 Å². The molecule has 31 heavy (non-hydrogen) atoms. The van der Waals surface area contributed by atoms with E-state index in [0.29, 0.717) is 24.1 Å². The van der Waals surface area contributed by atoms with Gasteiger partial charge in [-0.05, 0) is 31.2 Å². The van der Waals surface area contributed by atoms with Gasteiger partial charge >= 0.3 is 0 Å². The second-order valence-electron chi connectivity index (χ2n) is 7.73. The largest absolute Gasteiger partial charge is 0.383 e. The van der Waals surface area contributed by atoms with E-state index in [-0.39, 0.29) is 6.04 Å². The lowest BCUT2D eigenvalue weighted by atomic mass is 10.2. The molecule has 1 aliphatic rings. The highest BCUT2D eigenvalue weighted by Crippen LogP contribution is 2.24. The molecule has 1 aromatic carbocycles. The van der Waals surface area contributed by atoms with Crippen molar-refractivity contribution in [2.24, 2.45) is 0 Å². The van der Waals surface area contributed by atoms with E-state index in [9.17, 15) is 0 Å². The van der Waals surface area contributed by atoms with Gasteiger partial charge in [-0.25, -0.2) is 9.97 Å². The number of hydrogen-bond acceptors (Lipinski definition) is 9. The van der Waals surface area contributed by atoms with Gasteiger partial charge in [0.1, 0.15) is 11.6 Å². The summed E-state index contributed by atoms with van der Waals surface area (Å²) >= 11 is 0. The number of hydrogen-bond donors (Lipinski definition) is 1. The minimum absolute atomic E-state index is 0.0487. The molecule has 5 rings (SSSR count). The van der Waals surface area contributed by atoms with Crippen LogP contribution in [0, 0.1) is 0 Å². The smallest absolute Gasteiger partial charge is 0.244 e. The maximum absolute atomic E-state index is 6.13. The first kappa shape index (κ1) is 19.5. The summed E-state index contributed by atoms with van der Waals surface area (Å²) in [6.07, 6.45) is 3.46. The molecule has 0 radical (unpaired) electrons. The Morgan fingerprint density at radius 3 is 2.68 bits per heavy atom. The van der Waals surface area contributed by atoms with Crippen LogP contribution in [0.3, 0.4) is 0 Å².